The van der Waals surface area contributed by atoms with E-state index in [2.05, 4.69) is 20.4 Å². The van der Waals surface area contributed by atoms with Gasteiger partial charge < -0.3 is 13.6 Å². The van der Waals surface area contributed by atoms with E-state index in [1.54, 1.807) is 0 Å². The van der Waals surface area contributed by atoms with Gasteiger partial charge in [0.05, 0.1) is 6.61 Å². The molecular weight excluding hydrogens is 248 g/mol. The number of esters is 1. The lowest BCUT2D eigenvalue weighted by Crippen LogP contribution is -2.26. The molecule has 0 spiro atoms. The first-order valence-electron chi connectivity index (χ1n) is 6.65. The molecule has 0 aliphatic rings. The Morgan fingerprint density at radius 3 is 2.11 bits per heavy atom. The van der Waals surface area contributed by atoms with Gasteiger partial charge in [0.15, 0.2) is 0 Å². The van der Waals surface area contributed by atoms with Crippen molar-refractivity contribution in [2.24, 2.45) is 0 Å². The van der Waals surface area contributed by atoms with E-state index in [0.717, 1.165) is 38.9 Å². The normalized spacial score (nSPS) is 10.6. The topological polar surface area (TPSA) is 44.8 Å². The number of rotatable bonds is 12. The number of hydrogen-bond acceptors (Lipinski definition) is 4. The molecule has 105 valence electrons. The molecule has 1 radical (unpaired) electrons. The van der Waals surface area contributed by atoms with Crippen LogP contribution in [0.1, 0.15) is 39.5 Å². The Labute approximate surface area is 112 Å². The molecule has 0 rings (SSSR count). The second kappa shape index (κ2) is 12.8. The van der Waals surface area contributed by atoms with Gasteiger partial charge in [-0.2, -0.15) is 0 Å². The molecule has 0 heterocycles. The largest absolute Gasteiger partial charge is 0.463 e. The molecule has 0 saturated heterocycles. The SMILES string of the molecule is C=CC(=O)OCC[Si](OCCCC)OCCCC. The Kier molecular flexibility index (Phi) is 12.3. The summed E-state index contributed by atoms with van der Waals surface area (Å²) in [6.45, 7) is 9.40. The molecule has 5 heteroatoms. The van der Waals surface area contributed by atoms with Crippen LogP contribution in [0.25, 0.3) is 0 Å². The van der Waals surface area contributed by atoms with Gasteiger partial charge in [-0.05, 0) is 12.8 Å². The fourth-order valence-electron chi connectivity index (χ4n) is 1.14. The summed E-state index contributed by atoms with van der Waals surface area (Å²) < 4.78 is 16.4. The van der Waals surface area contributed by atoms with Crippen molar-refractivity contribution in [2.45, 2.75) is 45.6 Å². The van der Waals surface area contributed by atoms with Gasteiger partial charge in [-0.15, -0.1) is 0 Å². The van der Waals surface area contributed by atoms with Crippen LogP contribution in [0.3, 0.4) is 0 Å². The van der Waals surface area contributed by atoms with Crippen molar-refractivity contribution in [1.29, 1.82) is 0 Å². The maximum absolute atomic E-state index is 10.9. The van der Waals surface area contributed by atoms with E-state index in [9.17, 15) is 4.79 Å². The van der Waals surface area contributed by atoms with Crippen LogP contribution in [0, 0.1) is 0 Å². The quantitative estimate of drug-likeness (QED) is 0.237. The van der Waals surface area contributed by atoms with Gasteiger partial charge in [-0.3, -0.25) is 0 Å². The van der Waals surface area contributed by atoms with Crippen LogP contribution in [-0.2, 0) is 18.4 Å². The molecule has 0 aliphatic heterocycles. The number of unbranched alkanes of at least 4 members (excludes halogenated alkanes) is 2. The molecular formula is C13H25O4Si. The van der Waals surface area contributed by atoms with Crippen LogP contribution in [0.4, 0.5) is 0 Å². The number of hydrogen-bond donors (Lipinski definition) is 0. The zero-order valence-electron chi connectivity index (χ0n) is 11.6. The zero-order chi connectivity index (χ0) is 13.6. The number of carbonyl (C=O) groups is 1. The molecule has 0 amide bonds. The summed E-state index contributed by atoms with van der Waals surface area (Å²) in [7, 11) is -1.30. The molecule has 0 unspecified atom stereocenters. The first kappa shape index (κ1) is 17.3. The molecule has 0 fully saturated rings. The standard InChI is InChI=1S/C13H25O4Si/c1-4-7-9-16-18(17-10-8-5-2)12-11-15-13(14)6-3/h6H,3-5,7-12H2,1-2H3. The first-order chi connectivity index (χ1) is 8.74. The second-order valence-electron chi connectivity index (χ2n) is 3.90. The minimum Gasteiger partial charge on any atom is -0.463 e. The molecule has 4 nitrogen and oxygen atoms in total. The van der Waals surface area contributed by atoms with Crippen molar-refractivity contribution in [3.8, 4) is 0 Å². The molecule has 0 N–H and O–H groups in total. The third kappa shape index (κ3) is 10.5. The minimum absolute atomic E-state index is 0.345. The Bertz CT molecular complexity index is 211. The van der Waals surface area contributed by atoms with Crippen molar-refractivity contribution in [3.63, 3.8) is 0 Å². The molecule has 0 aromatic rings. The number of ether oxygens (including phenoxy) is 1. The van der Waals surface area contributed by atoms with Crippen LogP contribution in [-0.4, -0.2) is 35.1 Å². The zero-order valence-corrected chi connectivity index (χ0v) is 12.6. The van der Waals surface area contributed by atoms with E-state index < -0.39 is 15.3 Å². The van der Waals surface area contributed by atoms with Gasteiger partial charge in [-0.25, -0.2) is 4.79 Å². The fourth-order valence-corrected chi connectivity index (χ4v) is 2.53. The predicted octanol–water partition coefficient (Wildman–Crippen LogP) is 2.84. The summed E-state index contributed by atoms with van der Waals surface area (Å²) in [5.41, 5.74) is 0. The summed E-state index contributed by atoms with van der Waals surface area (Å²) in [6, 6.07) is 0.664. The van der Waals surface area contributed by atoms with E-state index in [1.807, 2.05) is 0 Å². The van der Waals surface area contributed by atoms with Crippen molar-refractivity contribution < 1.29 is 18.4 Å². The van der Waals surface area contributed by atoms with Gasteiger partial charge in [0, 0.05) is 25.3 Å². The van der Waals surface area contributed by atoms with E-state index in [1.165, 1.54) is 6.08 Å². The van der Waals surface area contributed by atoms with Crippen LogP contribution in [0.15, 0.2) is 12.7 Å². The smallest absolute Gasteiger partial charge is 0.388 e. The highest BCUT2D eigenvalue weighted by Crippen LogP contribution is 2.02. The lowest BCUT2D eigenvalue weighted by atomic mass is 10.4. The highest BCUT2D eigenvalue weighted by molar-refractivity contribution is 6.44. The van der Waals surface area contributed by atoms with Crippen LogP contribution in [0.5, 0.6) is 0 Å². The minimum atomic E-state index is -1.30. The Morgan fingerprint density at radius 1 is 1.11 bits per heavy atom. The maximum Gasteiger partial charge on any atom is 0.388 e. The van der Waals surface area contributed by atoms with E-state index in [4.69, 9.17) is 13.6 Å². The van der Waals surface area contributed by atoms with Gasteiger partial charge in [0.1, 0.15) is 0 Å². The number of carbonyl (C=O) groups excluding carboxylic acids is 1. The fraction of sp³-hybridized carbons (Fsp3) is 0.769. The molecule has 0 atom stereocenters. The average molecular weight is 273 g/mol. The van der Waals surface area contributed by atoms with Gasteiger partial charge in [-0.1, -0.05) is 33.3 Å². The monoisotopic (exact) mass is 273 g/mol. The van der Waals surface area contributed by atoms with E-state index >= 15 is 0 Å². The van der Waals surface area contributed by atoms with Gasteiger partial charge >= 0.3 is 15.3 Å². The highest BCUT2D eigenvalue weighted by Gasteiger charge is 2.16. The third-order valence-electron chi connectivity index (χ3n) is 2.24. The van der Waals surface area contributed by atoms with E-state index in [0.29, 0.717) is 12.7 Å². The summed E-state index contributed by atoms with van der Waals surface area (Å²) in [6.07, 6.45) is 5.46. The molecule has 0 saturated carbocycles. The molecule has 0 aliphatic carbocycles. The summed E-state index contributed by atoms with van der Waals surface area (Å²) in [5, 5.41) is 0. The summed E-state index contributed by atoms with van der Waals surface area (Å²) in [5.74, 6) is -0.390. The highest BCUT2D eigenvalue weighted by atomic mass is 28.3. The molecule has 0 aromatic heterocycles. The molecule has 0 aromatic carbocycles. The second-order valence-corrected chi connectivity index (χ2v) is 5.72. The van der Waals surface area contributed by atoms with Gasteiger partial charge in [0.2, 0.25) is 0 Å². The molecule has 0 bridgehead atoms. The third-order valence-corrected chi connectivity index (χ3v) is 3.90. The summed E-state index contributed by atoms with van der Waals surface area (Å²) >= 11 is 0. The van der Waals surface area contributed by atoms with Crippen LogP contribution in [0.2, 0.25) is 6.04 Å². The summed E-state index contributed by atoms with van der Waals surface area (Å²) in [4.78, 5) is 10.9. The Balaban J connectivity index is 3.79. The lowest BCUT2D eigenvalue weighted by Gasteiger charge is -2.15. The molecule has 18 heavy (non-hydrogen) atoms. The van der Waals surface area contributed by atoms with E-state index in [-0.39, 0.29) is 0 Å². The first-order valence-corrected chi connectivity index (χ1v) is 8.17. The lowest BCUT2D eigenvalue weighted by molar-refractivity contribution is -0.137. The predicted molar refractivity (Wildman–Crippen MR) is 73.4 cm³/mol. The van der Waals surface area contributed by atoms with Crippen LogP contribution < -0.4 is 0 Å². The van der Waals surface area contributed by atoms with Crippen molar-refractivity contribution >= 4 is 15.3 Å². The van der Waals surface area contributed by atoms with Crippen molar-refractivity contribution in [3.05, 3.63) is 12.7 Å². The maximum atomic E-state index is 10.9. The average Bonchev–Trinajstić information content (AvgIpc) is 2.38. The van der Waals surface area contributed by atoms with Gasteiger partial charge in [0.25, 0.3) is 0 Å². The van der Waals surface area contributed by atoms with Crippen molar-refractivity contribution in [2.75, 3.05) is 19.8 Å². The van der Waals surface area contributed by atoms with Crippen LogP contribution >= 0.6 is 0 Å². The Hall–Kier alpha value is -0.653. The Morgan fingerprint density at radius 2 is 1.67 bits per heavy atom. The van der Waals surface area contributed by atoms with Crippen molar-refractivity contribution in [1.82, 2.24) is 0 Å².